The molecule has 0 saturated carbocycles. The lowest BCUT2D eigenvalue weighted by atomic mass is 10.1. The summed E-state index contributed by atoms with van der Waals surface area (Å²) in [4.78, 5) is 13.9. The van der Waals surface area contributed by atoms with Crippen molar-refractivity contribution in [3.63, 3.8) is 0 Å². The van der Waals surface area contributed by atoms with E-state index < -0.39 is 10.0 Å². The molecular formula is C13H17ClN2O4S. The van der Waals surface area contributed by atoms with E-state index in [2.05, 4.69) is 0 Å². The van der Waals surface area contributed by atoms with Crippen LogP contribution in [0.4, 0.5) is 0 Å². The molecule has 0 bridgehead atoms. The van der Waals surface area contributed by atoms with Crippen LogP contribution < -0.4 is 5.14 Å². The summed E-state index contributed by atoms with van der Waals surface area (Å²) in [7, 11) is -2.28. The standard InChI is InChI=1S/C13H17ClN2O4S/c1-8-11(14)5-9(6-12(8)21(15,18)19)13(17)16(2)10-3-4-20-7-10/h5-6,10H,3-4,7H2,1-2H3,(H2,15,18,19). The molecule has 2 rings (SSSR count). The Labute approximate surface area is 128 Å². The first-order valence-electron chi connectivity index (χ1n) is 6.39. The number of rotatable bonds is 3. The van der Waals surface area contributed by atoms with Gasteiger partial charge in [-0.2, -0.15) is 0 Å². The second kappa shape index (κ2) is 5.92. The van der Waals surface area contributed by atoms with Crippen LogP contribution in [0, 0.1) is 6.92 Å². The van der Waals surface area contributed by atoms with Crippen LogP contribution in [0.25, 0.3) is 0 Å². The maximum atomic E-state index is 12.5. The second-order valence-corrected chi connectivity index (χ2v) is 7.00. The molecular weight excluding hydrogens is 316 g/mol. The average molecular weight is 333 g/mol. The molecule has 1 heterocycles. The van der Waals surface area contributed by atoms with Gasteiger partial charge in [-0.25, -0.2) is 13.6 Å². The molecule has 1 fully saturated rings. The number of hydrogen-bond acceptors (Lipinski definition) is 4. The highest BCUT2D eigenvalue weighted by Gasteiger charge is 2.26. The third kappa shape index (κ3) is 3.37. The van der Waals surface area contributed by atoms with Crippen molar-refractivity contribution in [3.8, 4) is 0 Å². The first-order chi connectivity index (χ1) is 9.71. The van der Waals surface area contributed by atoms with E-state index in [-0.39, 0.29) is 27.4 Å². The zero-order valence-electron chi connectivity index (χ0n) is 11.8. The molecule has 0 aromatic heterocycles. The van der Waals surface area contributed by atoms with E-state index in [1.165, 1.54) is 12.1 Å². The minimum atomic E-state index is -3.94. The van der Waals surface area contributed by atoms with Gasteiger partial charge in [-0.15, -0.1) is 0 Å². The monoisotopic (exact) mass is 332 g/mol. The van der Waals surface area contributed by atoms with Crippen molar-refractivity contribution in [2.24, 2.45) is 5.14 Å². The number of likely N-dealkylation sites (N-methyl/N-ethyl adjacent to an activating group) is 1. The van der Waals surface area contributed by atoms with Crippen LogP contribution in [0.15, 0.2) is 17.0 Å². The summed E-state index contributed by atoms with van der Waals surface area (Å²) >= 11 is 6.02. The third-order valence-corrected chi connectivity index (χ3v) is 5.05. The van der Waals surface area contributed by atoms with E-state index in [1.54, 1.807) is 18.9 Å². The van der Waals surface area contributed by atoms with E-state index in [0.717, 1.165) is 6.42 Å². The van der Waals surface area contributed by atoms with Crippen molar-refractivity contribution in [3.05, 3.63) is 28.3 Å². The van der Waals surface area contributed by atoms with E-state index in [9.17, 15) is 13.2 Å². The number of carbonyl (C=O) groups is 1. The number of carbonyl (C=O) groups excluding carboxylic acids is 1. The number of amides is 1. The Balaban J connectivity index is 2.40. The average Bonchev–Trinajstić information content (AvgIpc) is 2.92. The van der Waals surface area contributed by atoms with Gasteiger partial charge in [0.15, 0.2) is 0 Å². The van der Waals surface area contributed by atoms with Gasteiger partial charge >= 0.3 is 0 Å². The van der Waals surface area contributed by atoms with E-state index in [4.69, 9.17) is 21.5 Å². The van der Waals surface area contributed by atoms with Gasteiger partial charge in [-0.05, 0) is 31.0 Å². The van der Waals surface area contributed by atoms with Gasteiger partial charge in [0.25, 0.3) is 5.91 Å². The number of benzene rings is 1. The first-order valence-corrected chi connectivity index (χ1v) is 8.32. The molecule has 8 heteroatoms. The highest BCUT2D eigenvalue weighted by Crippen LogP contribution is 2.26. The molecule has 1 amide bonds. The predicted octanol–water partition coefficient (Wildman–Crippen LogP) is 1.16. The Morgan fingerprint density at radius 2 is 2.14 bits per heavy atom. The highest BCUT2D eigenvalue weighted by atomic mass is 35.5. The van der Waals surface area contributed by atoms with Crippen molar-refractivity contribution in [2.75, 3.05) is 20.3 Å². The summed E-state index contributed by atoms with van der Waals surface area (Å²) in [6.45, 7) is 2.63. The van der Waals surface area contributed by atoms with Gasteiger partial charge in [-0.1, -0.05) is 11.6 Å². The van der Waals surface area contributed by atoms with Gasteiger partial charge in [0.05, 0.1) is 17.5 Å². The molecule has 1 aromatic rings. The molecule has 1 atom stereocenters. The molecule has 1 aliphatic rings. The third-order valence-electron chi connectivity index (χ3n) is 3.62. The summed E-state index contributed by atoms with van der Waals surface area (Å²) < 4.78 is 28.4. The van der Waals surface area contributed by atoms with Crippen molar-refractivity contribution < 1.29 is 17.9 Å². The maximum Gasteiger partial charge on any atom is 0.254 e. The summed E-state index contributed by atoms with van der Waals surface area (Å²) in [5.74, 6) is -0.308. The molecule has 1 aliphatic heterocycles. The largest absolute Gasteiger partial charge is 0.379 e. The minimum absolute atomic E-state index is 0.0180. The van der Waals surface area contributed by atoms with Gasteiger partial charge in [0, 0.05) is 24.2 Å². The lowest BCUT2D eigenvalue weighted by Crippen LogP contribution is -2.37. The fourth-order valence-electron chi connectivity index (χ4n) is 2.27. The van der Waals surface area contributed by atoms with Gasteiger partial charge < -0.3 is 9.64 Å². The number of nitrogens with two attached hydrogens (primary N) is 1. The second-order valence-electron chi connectivity index (χ2n) is 5.06. The number of sulfonamides is 1. The maximum absolute atomic E-state index is 12.5. The summed E-state index contributed by atoms with van der Waals surface area (Å²) in [5.41, 5.74) is 0.534. The molecule has 1 aromatic carbocycles. The van der Waals surface area contributed by atoms with Crippen LogP contribution in [0.3, 0.4) is 0 Å². The van der Waals surface area contributed by atoms with Crippen molar-refractivity contribution >= 4 is 27.5 Å². The Bertz CT molecular complexity index is 669. The van der Waals surface area contributed by atoms with Crippen LogP contribution in [0.1, 0.15) is 22.3 Å². The van der Waals surface area contributed by atoms with Crippen molar-refractivity contribution in [1.82, 2.24) is 4.90 Å². The van der Waals surface area contributed by atoms with Crippen LogP contribution in [-0.2, 0) is 14.8 Å². The van der Waals surface area contributed by atoms with Gasteiger partial charge in [0.2, 0.25) is 10.0 Å². The molecule has 0 radical (unpaired) electrons. The molecule has 0 aliphatic carbocycles. The number of nitrogens with zero attached hydrogens (tertiary/aromatic N) is 1. The molecule has 116 valence electrons. The zero-order chi connectivity index (χ0) is 15.8. The Hall–Kier alpha value is -1.15. The minimum Gasteiger partial charge on any atom is -0.379 e. The van der Waals surface area contributed by atoms with Crippen LogP contribution in [0.2, 0.25) is 5.02 Å². The first kappa shape index (κ1) is 16.2. The van der Waals surface area contributed by atoms with Crippen molar-refractivity contribution in [2.45, 2.75) is 24.3 Å². The van der Waals surface area contributed by atoms with Crippen LogP contribution in [-0.4, -0.2) is 45.5 Å². The number of hydrogen-bond donors (Lipinski definition) is 1. The molecule has 1 unspecified atom stereocenters. The Morgan fingerprint density at radius 3 is 2.67 bits per heavy atom. The molecule has 6 nitrogen and oxygen atoms in total. The molecule has 0 spiro atoms. The highest BCUT2D eigenvalue weighted by molar-refractivity contribution is 7.89. The number of primary sulfonamides is 1. The van der Waals surface area contributed by atoms with E-state index in [1.807, 2.05) is 0 Å². The number of ether oxygens (including phenoxy) is 1. The van der Waals surface area contributed by atoms with Gasteiger partial charge in [-0.3, -0.25) is 4.79 Å². The summed E-state index contributed by atoms with van der Waals surface area (Å²) in [6, 6.07) is 2.71. The SMILES string of the molecule is Cc1c(Cl)cc(C(=O)N(C)C2CCOC2)cc1S(N)(=O)=O. The quantitative estimate of drug-likeness (QED) is 0.899. The Morgan fingerprint density at radius 1 is 1.48 bits per heavy atom. The molecule has 21 heavy (non-hydrogen) atoms. The zero-order valence-corrected chi connectivity index (χ0v) is 13.4. The number of halogens is 1. The van der Waals surface area contributed by atoms with Gasteiger partial charge in [0.1, 0.15) is 0 Å². The molecule has 1 saturated heterocycles. The fourth-order valence-corrected chi connectivity index (χ4v) is 3.37. The van der Waals surface area contributed by atoms with Crippen LogP contribution >= 0.6 is 11.6 Å². The van der Waals surface area contributed by atoms with Crippen LogP contribution in [0.5, 0.6) is 0 Å². The van der Waals surface area contributed by atoms with E-state index >= 15 is 0 Å². The summed E-state index contributed by atoms with van der Waals surface area (Å²) in [5, 5.41) is 5.36. The Kier molecular flexibility index (Phi) is 4.57. The fraction of sp³-hybridized carbons (Fsp3) is 0.462. The smallest absolute Gasteiger partial charge is 0.254 e. The lowest BCUT2D eigenvalue weighted by molar-refractivity contribution is 0.0711. The molecule has 2 N–H and O–H groups in total. The summed E-state index contributed by atoms with van der Waals surface area (Å²) in [6.07, 6.45) is 0.754. The van der Waals surface area contributed by atoms with E-state index in [0.29, 0.717) is 18.8 Å². The lowest BCUT2D eigenvalue weighted by Gasteiger charge is -2.23. The normalized spacial score (nSPS) is 18.8. The predicted molar refractivity (Wildman–Crippen MR) is 78.9 cm³/mol. The van der Waals surface area contributed by atoms with Crippen molar-refractivity contribution in [1.29, 1.82) is 0 Å². The topological polar surface area (TPSA) is 89.7 Å².